The summed E-state index contributed by atoms with van der Waals surface area (Å²) >= 11 is 1.62. The Kier molecular flexibility index (Phi) is 3.25. The van der Waals surface area contributed by atoms with Gasteiger partial charge in [0.1, 0.15) is 0 Å². The van der Waals surface area contributed by atoms with E-state index in [9.17, 15) is 9.90 Å². The molecule has 0 spiro atoms. The van der Waals surface area contributed by atoms with Crippen molar-refractivity contribution < 1.29 is 9.90 Å². The Labute approximate surface area is 98.5 Å². The van der Waals surface area contributed by atoms with Gasteiger partial charge in [0.15, 0.2) is 0 Å². The fourth-order valence-electron chi connectivity index (χ4n) is 1.99. The summed E-state index contributed by atoms with van der Waals surface area (Å²) in [7, 11) is 0. The number of rotatable bonds is 4. The molecular weight excluding hydrogens is 220 g/mol. The van der Waals surface area contributed by atoms with Crippen LogP contribution in [0.2, 0.25) is 0 Å². The Morgan fingerprint density at radius 3 is 2.94 bits per heavy atom. The molecule has 84 valence electrons. The molecule has 0 aliphatic heterocycles. The van der Waals surface area contributed by atoms with Crippen molar-refractivity contribution in [1.82, 2.24) is 0 Å². The normalized spacial score (nSPS) is 12.8. The van der Waals surface area contributed by atoms with E-state index < -0.39 is 5.97 Å². The Hall–Kier alpha value is -1.35. The summed E-state index contributed by atoms with van der Waals surface area (Å²) < 4.78 is 1.11. The third-order valence-corrected chi connectivity index (χ3v) is 3.74. The fourth-order valence-corrected chi connectivity index (χ4v) is 2.96. The maximum atomic E-state index is 11.3. The number of fused-ring (bicyclic) bond motifs is 1. The minimum Gasteiger partial charge on any atom is -0.481 e. The summed E-state index contributed by atoms with van der Waals surface area (Å²) in [5.41, 5.74) is 0.960. The monoisotopic (exact) mass is 234 g/mol. The van der Waals surface area contributed by atoms with Gasteiger partial charge < -0.3 is 5.11 Å². The minimum atomic E-state index is -0.720. The van der Waals surface area contributed by atoms with E-state index in [0.717, 1.165) is 22.1 Å². The fraction of sp³-hybridized carbons (Fsp3) is 0.308. The van der Waals surface area contributed by atoms with E-state index in [-0.39, 0.29) is 5.92 Å². The molecule has 3 heteroatoms. The summed E-state index contributed by atoms with van der Waals surface area (Å²) in [4.78, 5) is 11.3. The first kappa shape index (κ1) is 11.1. The van der Waals surface area contributed by atoms with Crippen LogP contribution in [0.25, 0.3) is 10.1 Å². The average Bonchev–Trinajstić information content (AvgIpc) is 2.73. The van der Waals surface area contributed by atoms with E-state index in [0.29, 0.717) is 6.42 Å². The molecule has 1 aromatic carbocycles. The van der Waals surface area contributed by atoms with Crippen LogP contribution in [0, 0.1) is 0 Å². The van der Waals surface area contributed by atoms with Crippen LogP contribution in [0.4, 0.5) is 0 Å². The SMILES string of the molecule is CCCC(C(=O)O)c1cccc2ccsc12. The molecule has 1 N–H and O–H groups in total. The lowest BCUT2D eigenvalue weighted by atomic mass is 9.94. The Morgan fingerprint density at radius 2 is 2.25 bits per heavy atom. The van der Waals surface area contributed by atoms with Crippen molar-refractivity contribution in [2.75, 3.05) is 0 Å². The molecule has 0 saturated heterocycles. The molecule has 1 heterocycles. The number of thiophene rings is 1. The standard InChI is InChI=1S/C13H14O2S/c1-2-4-11(13(14)15)10-6-3-5-9-7-8-16-12(9)10/h3,5-8,11H,2,4H2,1H3,(H,14,15). The molecule has 1 aromatic heterocycles. The van der Waals surface area contributed by atoms with Crippen LogP contribution >= 0.6 is 11.3 Å². The van der Waals surface area contributed by atoms with Crippen molar-refractivity contribution in [3.63, 3.8) is 0 Å². The van der Waals surface area contributed by atoms with E-state index >= 15 is 0 Å². The third kappa shape index (κ3) is 1.95. The van der Waals surface area contributed by atoms with Gasteiger partial charge in [-0.25, -0.2) is 0 Å². The quantitative estimate of drug-likeness (QED) is 0.872. The largest absolute Gasteiger partial charge is 0.481 e. The minimum absolute atomic E-state index is 0.368. The number of aliphatic carboxylic acids is 1. The molecule has 2 nitrogen and oxygen atoms in total. The van der Waals surface area contributed by atoms with Crippen LogP contribution in [-0.4, -0.2) is 11.1 Å². The predicted octanol–water partition coefficient (Wildman–Crippen LogP) is 3.87. The van der Waals surface area contributed by atoms with Crippen molar-refractivity contribution in [2.24, 2.45) is 0 Å². The number of benzene rings is 1. The highest BCUT2D eigenvalue weighted by Crippen LogP contribution is 2.32. The van der Waals surface area contributed by atoms with E-state index in [2.05, 4.69) is 0 Å². The molecule has 1 unspecified atom stereocenters. The summed E-state index contributed by atoms with van der Waals surface area (Å²) in [6, 6.07) is 7.94. The average molecular weight is 234 g/mol. The van der Waals surface area contributed by atoms with E-state index in [4.69, 9.17) is 0 Å². The van der Waals surface area contributed by atoms with Gasteiger partial charge in [0.05, 0.1) is 5.92 Å². The number of hydrogen-bond donors (Lipinski definition) is 1. The van der Waals surface area contributed by atoms with Gasteiger partial charge in [0.25, 0.3) is 0 Å². The van der Waals surface area contributed by atoms with E-state index in [1.54, 1.807) is 11.3 Å². The maximum Gasteiger partial charge on any atom is 0.311 e. The first-order chi connectivity index (χ1) is 7.74. The van der Waals surface area contributed by atoms with Gasteiger partial charge in [-0.1, -0.05) is 31.5 Å². The molecule has 1 atom stereocenters. The molecule has 0 saturated carbocycles. The molecule has 2 aromatic rings. The molecule has 2 rings (SSSR count). The summed E-state index contributed by atoms with van der Waals surface area (Å²) in [6.07, 6.45) is 1.59. The van der Waals surface area contributed by atoms with Crippen LogP contribution in [-0.2, 0) is 4.79 Å². The highest BCUT2D eigenvalue weighted by molar-refractivity contribution is 7.17. The second-order valence-electron chi connectivity index (χ2n) is 3.87. The van der Waals surface area contributed by atoms with Crippen molar-refractivity contribution in [2.45, 2.75) is 25.7 Å². The molecule has 0 fully saturated rings. The van der Waals surface area contributed by atoms with Crippen LogP contribution in [0.1, 0.15) is 31.2 Å². The molecule has 0 aliphatic carbocycles. The smallest absolute Gasteiger partial charge is 0.311 e. The topological polar surface area (TPSA) is 37.3 Å². The van der Waals surface area contributed by atoms with Crippen molar-refractivity contribution in [3.05, 3.63) is 35.2 Å². The number of hydrogen-bond acceptors (Lipinski definition) is 2. The highest BCUT2D eigenvalue weighted by atomic mass is 32.1. The van der Waals surface area contributed by atoms with Crippen LogP contribution < -0.4 is 0 Å². The molecule has 0 aliphatic rings. The lowest BCUT2D eigenvalue weighted by Gasteiger charge is -2.12. The molecular formula is C13H14O2S. The second kappa shape index (κ2) is 4.66. The summed E-state index contributed by atoms with van der Waals surface area (Å²) in [5.74, 6) is -1.09. The van der Waals surface area contributed by atoms with Crippen molar-refractivity contribution in [3.8, 4) is 0 Å². The Morgan fingerprint density at radius 1 is 1.44 bits per heavy atom. The van der Waals surface area contributed by atoms with Crippen LogP contribution in [0.5, 0.6) is 0 Å². The van der Waals surface area contributed by atoms with Gasteiger partial charge in [0, 0.05) is 4.70 Å². The maximum absolute atomic E-state index is 11.3. The second-order valence-corrected chi connectivity index (χ2v) is 4.78. The van der Waals surface area contributed by atoms with Gasteiger partial charge in [-0.15, -0.1) is 11.3 Å². The van der Waals surface area contributed by atoms with Crippen molar-refractivity contribution in [1.29, 1.82) is 0 Å². The van der Waals surface area contributed by atoms with Gasteiger partial charge in [-0.05, 0) is 28.8 Å². The van der Waals surface area contributed by atoms with Gasteiger partial charge in [-0.2, -0.15) is 0 Å². The molecule has 0 radical (unpaired) electrons. The zero-order valence-corrected chi connectivity index (χ0v) is 9.96. The van der Waals surface area contributed by atoms with Crippen LogP contribution in [0.15, 0.2) is 29.6 Å². The van der Waals surface area contributed by atoms with E-state index in [1.165, 1.54) is 0 Å². The van der Waals surface area contributed by atoms with Crippen molar-refractivity contribution >= 4 is 27.4 Å². The summed E-state index contributed by atoms with van der Waals surface area (Å²) in [5, 5.41) is 12.4. The highest BCUT2D eigenvalue weighted by Gasteiger charge is 2.21. The zero-order chi connectivity index (χ0) is 11.5. The zero-order valence-electron chi connectivity index (χ0n) is 9.14. The van der Waals surface area contributed by atoms with E-state index in [1.807, 2.05) is 36.6 Å². The summed E-state index contributed by atoms with van der Waals surface area (Å²) in [6.45, 7) is 2.02. The molecule has 0 amide bonds. The first-order valence-corrected chi connectivity index (χ1v) is 6.31. The lowest BCUT2D eigenvalue weighted by Crippen LogP contribution is -2.11. The van der Waals surface area contributed by atoms with Gasteiger partial charge in [-0.3, -0.25) is 4.79 Å². The third-order valence-electron chi connectivity index (χ3n) is 2.76. The number of carboxylic acid groups (broad SMARTS) is 1. The molecule has 16 heavy (non-hydrogen) atoms. The Bertz CT molecular complexity index is 501. The van der Waals surface area contributed by atoms with Crippen LogP contribution in [0.3, 0.4) is 0 Å². The van der Waals surface area contributed by atoms with Gasteiger partial charge in [0.2, 0.25) is 0 Å². The first-order valence-electron chi connectivity index (χ1n) is 5.43. The molecule has 0 bridgehead atoms. The van der Waals surface area contributed by atoms with Gasteiger partial charge >= 0.3 is 5.97 Å². The lowest BCUT2D eigenvalue weighted by molar-refractivity contribution is -0.138. The number of carboxylic acids is 1. The Balaban J connectivity index is 2.51. The predicted molar refractivity (Wildman–Crippen MR) is 67.1 cm³/mol. The number of carbonyl (C=O) groups is 1.